The molecule has 9 rings (SSSR count). The summed E-state index contributed by atoms with van der Waals surface area (Å²) in [6, 6.07) is 11.6. The number of carbonyl (C=O) groups is 6. The molecular formula is C47H54ClN9O9. The highest BCUT2D eigenvalue weighted by atomic mass is 35.5. The third-order valence-corrected chi connectivity index (χ3v) is 13.7. The average Bonchev–Trinajstić information content (AvgIpc) is 3.53. The van der Waals surface area contributed by atoms with Gasteiger partial charge in [-0.25, -0.2) is 4.98 Å². The number of pyridine rings is 1. The number of hydrogen-bond acceptors (Lipinski definition) is 14. The maximum Gasteiger partial charge on any atom is 0.293 e. The number of hydrogen-bond donors (Lipinski definition) is 3. The number of amides is 4. The predicted molar refractivity (Wildman–Crippen MR) is 247 cm³/mol. The van der Waals surface area contributed by atoms with Crippen LogP contribution >= 0.6 is 11.6 Å². The van der Waals surface area contributed by atoms with Crippen molar-refractivity contribution in [3.63, 3.8) is 0 Å². The smallest absolute Gasteiger partial charge is 0.293 e. The van der Waals surface area contributed by atoms with E-state index < -0.39 is 29.7 Å². The van der Waals surface area contributed by atoms with E-state index >= 15 is 0 Å². The quantitative estimate of drug-likeness (QED) is 0.125. The minimum Gasteiger partial charge on any atom is -0.483 e. The van der Waals surface area contributed by atoms with E-state index in [9.17, 15) is 28.8 Å². The van der Waals surface area contributed by atoms with Crippen LogP contribution in [0.4, 0.5) is 23.1 Å². The van der Waals surface area contributed by atoms with Crippen LogP contribution < -0.4 is 30.7 Å². The van der Waals surface area contributed by atoms with E-state index in [4.69, 9.17) is 31.2 Å². The first kappa shape index (κ1) is 46.1. The molecule has 66 heavy (non-hydrogen) atoms. The summed E-state index contributed by atoms with van der Waals surface area (Å²) < 4.78 is 7.35. The summed E-state index contributed by atoms with van der Waals surface area (Å²) in [6.07, 6.45) is 6.45. The number of ketones is 1. The summed E-state index contributed by atoms with van der Waals surface area (Å²) in [6.45, 7) is 11.8. The number of carboxylic acid groups (broad SMARTS) is 1. The number of rotatable bonds is 12. The largest absolute Gasteiger partial charge is 0.483 e. The van der Waals surface area contributed by atoms with Gasteiger partial charge in [0.05, 0.1) is 22.8 Å². The Morgan fingerprint density at radius 1 is 0.970 bits per heavy atom. The van der Waals surface area contributed by atoms with Crippen LogP contribution in [0.2, 0.25) is 5.02 Å². The topological polar surface area (TPSA) is 217 Å². The Morgan fingerprint density at radius 2 is 1.68 bits per heavy atom. The van der Waals surface area contributed by atoms with Crippen molar-refractivity contribution >= 4 is 81.5 Å². The van der Waals surface area contributed by atoms with Crippen molar-refractivity contribution in [3.8, 4) is 5.75 Å². The van der Waals surface area contributed by atoms with E-state index in [0.29, 0.717) is 40.3 Å². The lowest BCUT2D eigenvalue weighted by molar-refractivity contribution is -0.136. The van der Waals surface area contributed by atoms with Crippen molar-refractivity contribution in [1.82, 2.24) is 29.7 Å². The highest BCUT2D eigenvalue weighted by Crippen LogP contribution is 2.44. The van der Waals surface area contributed by atoms with Crippen molar-refractivity contribution in [2.24, 2.45) is 11.3 Å². The second-order valence-electron chi connectivity index (χ2n) is 18.1. The summed E-state index contributed by atoms with van der Waals surface area (Å²) >= 11 is 6.62. The molecule has 2 aromatic heterocycles. The standard InChI is InChI=1S/C46H52ClN9O7.CH2O2/c1-4-32(57)24-63-38-20-29-19-30(5-8-36(29)55(27(2)3)44(38)62)49-40-35(47)22-48-45(51-40)53-15-11-28(12-16-53)23-52-17-13-46(14-18-52)25-54(26-46)31-6-7-33-34(21-31)43(61)56(42(33)60)37-9-10-39(58)50-41(37)59;2-1-3/h5-8,19-22,27-28,37H,4,9-18,23-26H2,1-3H3,(H,48,49,51)(H,50,58,59);1H,(H,2,3). The van der Waals surface area contributed by atoms with Crippen molar-refractivity contribution in [1.29, 1.82) is 0 Å². The number of aromatic nitrogens is 3. The van der Waals surface area contributed by atoms with E-state index in [-0.39, 0.29) is 54.5 Å². The fourth-order valence-corrected chi connectivity index (χ4v) is 9.96. The van der Waals surface area contributed by atoms with E-state index in [0.717, 1.165) is 98.7 Å². The van der Waals surface area contributed by atoms with E-state index in [2.05, 4.69) is 30.3 Å². The highest BCUT2D eigenvalue weighted by molar-refractivity contribution is 6.33. The molecule has 0 aliphatic carbocycles. The Hall–Kier alpha value is -6.40. The molecule has 1 unspecified atom stereocenters. The molecule has 4 amide bonds. The summed E-state index contributed by atoms with van der Waals surface area (Å²) in [5, 5.41) is 13.7. The number of ether oxygens (including phenoxy) is 1. The number of piperidine rings is 3. The normalized spacial score (nSPS) is 19.7. The Bertz CT molecular complexity index is 2630. The number of anilines is 4. The monoisotopic (exact) mass is 923 g/mol. The molecule has 4 aromatic rings. The molecule has 4 fully saturated rings. The van der Waals surface area contributed by atoms with Gasteiger partial charge < -0.3 is 34.4 Å². The first-order valence-corrected chi connectivity index (χ1v) is 22.9. The molecule has 0 saturated carbocycles. The van der Waals surface area contributed by atoms with Crippen LogP contribution in [0.25, 0.3) is 10.9 Å². The third-order valence-electron chi connectivity index (χ3n) is 13.5. The third kappa shape index (κ3) is 9.33. The van der Waals surface area contributed by atoms with Crippen LogP contribution in [0.15, 0.2) is 53.5 Å². The Kier molecular flexibility index (Phi) is 13.4. The first-order valence-electron chi connectivity index (χ1n) is 22.5. The van der Waals surface area contributed by atoms with Gasteiger partial charge in [-0.05, 0) is 107 Å². The van der Waals surface area contributed by atoms with Crippen molar-refractivity contribution in [3.05, 3.63) is 75.2 Å². The van der Waals surface area contributed by atoms with Crippen LogP contribution in [0.3, 0.4) is 0 Å². The van der Waals surface area contributed by atoms with Crippen molar-refractivity contribution in [2.75, 3.05) is 67.5 Å². The van der Waals surface area contributed by atoms with Gasteiger partial charge in [-0.2, -0.15) is 4.98 Å². The summed E-state index contributed by atoms with van der Waals surface area (Å²) in [5.41, 5.74) is 2.95. The molecule has 3 N–H and O–H groups in total. The zero-order chi connectivity index (χ0) is 46.9. The first-order chi connectivity index (χ1) is 31.7. The molecule has 0 bridgehead atoms. The molecule has 348 valence electrons. The number of Topliss-reactive ketones (excluding diaryl/α,β-unsaturated/α-hetero) is 1. The molecule has 5 aliphatic heterocycles. The highest BCUT2D eigenvalue weighted by Gasteiger charge is 2.47. The van der Waals surface area contributed by atoms with E-state index in [1.807, 2.05) is 38.1 Å². The summed E-state index contributed by atoms with van der Waals surface area (Å²) in [5.74, 6) is -0.245. The molecule has 0 radical (unpaired) electrons. The molecular weight excluding hydrogens is 870 g/mol. The second-order valence-corrected chi connectivity index (χ2v) is 18.5. The van der Waals surface area contributed by atoms with Crippen LogP contribution in [0.5, 0.6) is 5.75 Å². The number of benzene rings is 2. The fraction of sp³-hybridized carbons (Fsp3) is 0.468. The van der Waals surface area contributed by atoms with Crippen molar-refractivity contribution in [2.45, 2.75) is 77.8 Å². The van der Waals surface area contributed by atoms with Crippen LogP contribution in [0.1, 0.15) is 92.5 Å². The van der Waals surface area contributed by atoms with E-state index in [1.54, 1.807) is 35.9 Å². The van der Waals surface area contributed by atoms with Crippen LogP contribution in [-0.2, 0) is 19.2 Å². The SMILES string of the molecule is CCC(=O)COc1cc2cc(Nc3nc(N4CCC(CN5CCC6(CC5)CN(c5ccc7c(c5)C(=O)N(C5CCC(=O)NC5=O)C7=O)C6)CC4)ncc3Cl)ccc2n(C(C)C)c1=O.O=CO. The van der Waals surface area contributed by atoms with Gasteiger partial charge in [0.25, 0.3) is 23.8 Å². The minimum absolute atomic E-state index is 0.0839. The van der Waals surface area contributed by atoms with Gasteiger partial charge in [0.2, 0.25) is 17.8 Å². The summed E-state index contributed by atoms with van der Waals surface area (Å²) in [7, 11) is 0. The molecule has 7 heterocycles. The molecule has 2 aromatic carbocycles. The molecule has 1 spiro atoms. The number of halogens is 1. The zero-order valence-corrected chi connectivity index (χ0v) is 38.0. The van der Waals surface area contributed by atoms with Crippen LogP contribution in [-0.4, -0.2) is 124 Å². The van der Waals surface area contributed by atoms with Gasteiger partial charge >= 0.3 is 0 Å². The zero-order valence-electron chi connectivity index (χ0n) is 37.3. The number of nitrogens with zero attached hydrogens (tertiary/aromatic N) is 7. The number of likely N-dealkylation sites (tertiary alicyclic amines) is 1. The number of carbonyl (C=O) groups excluding carboxylic acids is 5. The van der Waals surface area contributed by atoms with Crippen LogP contribution in [0, 0.1) is 11.3 Å². The lowest BCUT2D eigenvalue weighted by Crippen LogP contribution is -2.60. The molecule has 4 saturated heterocycles. The summed E-state index contributed by atoms with van der Waals surface area (Å²) in [4.78, 5) is 102. The Labute approximate surface area is 386 Å². The van der Waals surface area contributed by atoms with Crippen molar-refractivity contribution < 1.29 is 38.6 Å². The van der Waals surface area contributed by atoms with Gasteiger partial charge in [-0.1, -0.05) is 18.5 Å². The molecule has 18 nitrogen and oxygen atoms in total. The molecule has 1 atom stereocenters. The van der Waals surface area contributed by atoms with Gasteiger partial charge in [0, 0.05) is 73.8 Å². The number of nitrogens with one attached hydrogen (secondary N) is 2. The lowest BCUT2D eigenvalue weighted by Gasteiger charge is -2.55. The maximum absolute atomic E-state index is 13.4. The number of fused-ring (bicyclic) bond motifs is 2. The Balaban J connectivity index is 0.00000192. The molecule has 5 aliphatic rings. The maximum atomic E-state index is 13.4. The average molecular weight is 924 g/mol. The van der Waals surface area contributed by atoms with E-state index in [1.165, 1.54) is 0 Å². The predicted octanol–water partition coefficient (Wildman–Crippen LogP) is 5.05. The molecule has 19 heteroatoms. The second kappa shape index (κ2) is 19.2. The van der Waals surface area contributed by atoms with Gasteiger partial charge in [0.1, 0.15) is 17.7 Å². The number of imide groups is 2. The lowest BCUT2D eigenvalue weighted by atomic mass is 9.71. The fourth-order valence-electron chi connectivity index (χ4n) is 9.82. The van der Waals surface area contributed by atoms with Gasteiger partial charge in [0.15, 0.2) is 17.4 Å². The minimum atomic E-state index is -0.973. The van der Waals surface area contributed by atoms with Gasteiger partial charge in [-0.3, -0.25) is 43.8 Å². The Morgan fingerprint density at radius 3 is 2.36 bits per heavy atom. The van der Waals surface area contributed by atoms with Gasteiger partial charge in [-0.15, -0.1) is 0 Å².